The zero-order chi connectivity index (χ0) is 13.2. The molecule has 1 heterocycles. The average Bonchev–Trinajstić information content (AvgIpc) is 2.80. The van der Waals surface area contributed by atoms with E-state index in [-0.39, 0.29) is 11.9 Å². The van der Waals surface area contributed by atoms with Crippen LogP contribution in [0.2, 0.25) is 0 Å². The zero-order valence-corrected chi connectivity index (χ0v) is 11.9. The van der Waals surface area contributed by atoms with Gasteiger partial charge in [0.1, 0.15) is 5.69 Å². The Morgan fingerprint density at radius 3 is 2.68 bits per heavy atom. The van der Waals surface area contributed by atoms with E-state index in [1.807, 2.05) is 6.07 Å². The zero-order valence-electron chi connectivity index (χ0n) is 10.3. The fraction of sp³-hybridized carbons (Fsp3) is 0.286. The molecule has 0 bridgehead atoms. The van der Waals surface area contributed by atoms with Crippen molar-refractivity contribution >= 4 is 21.8 Å². The lowest BCUT2D eigenvalue weighted by Gasteiger charge is -2.36. The van der Waals surface area contributed by atoms with Crippen LogP contribution in [0.5, 0.6) is 0 Å². The van der Waals surface area contributed by atoms with E-state index >= 15 is 0 Å². The molecule has 1 aromatic heterocycles. The van der Waals surface area contributed by atoms with Crippen LogP contribution in [0.1, 0.15) is 34.8 Å². The van der Waals surface area contributed by atoms with Gasteiger partial charge < -0.3 is 5.32 Å². The Kier molecular flexibility index (Phi) is 3.38. The molecule has 0 unspecified atom stereocenters. The van der Waals surface area contributed by atoms with Crippen LogP contribution in [0, 0.1) is 0 Å². The van der Waals surface area contributed by atoms with Crippen LogP contribution in [-0.2, 0) is 0 Å². The lowest BCUT2D eigenvalue weighted by molar-refractivity contribution is 0.0903. The molecule has 19 heavy (non-hydrogen) atoms. The number of aromatic amines is 1. The number of benzene rings is 1. The van der Waals surface area contributed by atoms with Crippen LogP contribution in [-0.4, -0.2) is 22.1 Å². The van der Waals surface area contributed by atoms with E-state index in [4.69, 9.17) is 0 Å². The number of carbonyl (C=O) groups excluding carboxylic acids is 1. The minimum absolute atomic E-state index is 0.0964. The predicted octanol–water partition coefficient (Wildman–Crippen LogP) is 2.85. The number of amides is 1. The van der Waals surface area contributed by atoms with Gasteiger partial charge in [-0.2, -0.15) is 5.10 Å². The SMILES string of the molecule is O=C(NC1CC(c2ccccc2)C1)c1[nH]ncc1Br. The van der Waals surface area contributed by atoms with Gasteiger partial charge in [-0.1, -0.05) is 30.3 Å². The molecule has 0 aliphatic heterocycles. The van der Waals surface area contributed by atoms with E-state index in [1.165, 1.54) is 5.56 Å². The molecular formula is C14H14BrN3O. The molecule has 4 nitrogen and oxygen atoms in total. The van der Waals surface area contributed by atoms with Crippen LogP contribution >= 0.6 is 15.9 Å². The molecule has 1 fully saturated rings. The van der Waals surface area contributed by atoms with Gasteiger partial charge >= 0.3 is 0 Å². The van der Waals surface area contributed by atoms with Crippen molar-refractivity contribution in [3.05, 3.63) is 52.3 Å². The molecular weight excluding hydrogens is 306 g/mol. The Morgan fingerprint density at radius 2 is 2.05 bits per heavy atom. The van der Waals surface area contributed by atoms with Gasteiger partial charge in [-0.25, -0.2) is 0 Å². The summed E-state index contributed by atoms with van der Waals surface area (Å²) in [5.74, 6) is 0.470. The predicted molar refractivity (Wildman–Crippen MR) is 76.0 cm³/mol. The fourth-order valence-corrected chi connectivity index (χ4v) is 2.79. The van der Waals surface area contributed by atoms with Crippen molar-refractivity contribution in [1.82, 2.24) is 15.5 Å². The summed E-state index contributed by atoms with van der Waals surface area (Å²) in [4.78, 5) is 12.0. The van der Waals surface area contributed by atoms with Crippen LogP contribution < -0.4 is 5.32 Å². The molecule has 2 aromatic rings. The normalized spacial score (nSPS) is 21.7. The second-order valence-electron chi connectivity index (χ2n) is 4.84. The van der Waals surface area contributed by atoms with Crippen LogP contribution in [0.25, 0.3) is 0 Å². The molecule has 0 saturated heterocycles. The van der Waals surface area contributed by atoms with Crippen LogP contribution in [0.15, 0.2) is 41.0 Å². The lowest BCUT2D eigenvalue weighted by Crippen LogP contribution is -2.43. The van der Waals surface area contributed by atoms with Gasteiger partial charge in [-0.15, -0.1) is 0 Å². The number of aromatic nitrogens is 2. The highest BCUT2D eigenvalue weighted by atomic mass is 79.9. The number of halogens is 1. The molecule has 0 spiro atoms. The molecule has 1 amide bonds. The van der Waals surface area contributed by atoms with Gasteiger partial charge in [0.15, 0.2) is 0 Å². The number of carbonyl (C=O) groups is 1. The third kappa shape index (κ3) is 2.56. The van der Waals surface area contributed by atoms with E-state index in [0.29, 0.717) is 16.1 Å². The first kappa shape index (κ1) is 12.4. The number of nitrogens with zero attached hydrogens (tertiary/aromatic N) is 1. The maximum atomic E-state index is 12.0. The van der Waals surface area contributed by atoms with Crippen molar-refractivity contribution in [3.63, 3.8) is 0 Å². The van der Waals surface area contributed by atoms with Gasteiger partial charge in [-0.05, 0) is 40.3 Å². The number of hydrogen-bond donors (Lipinski definition) is 2. The monoisotopic (exact) mass is 319 g/mol. The number of rotatable bonds is 3. The average molecular weight is 320 g/mol. The van der Waals surface area contributed by atoms with E-state index in [0.717, 1.165) is 12.8 Å². The summed E-state index contributed by atoms with van der Waals surface area (Å²) in [6, 6.07) is 10.7. The topological polar surface area (TPSA) is 57.8 Å². The first-order chi connectivity index (χ1) is 9.24. The number of nitrogens with one attached hydrogen (secondary N) is 2. The molecule has 0 radical (unpaired) electrons. The summed E-state index contributed by atoms with van der Waals surface area (Å²) in [7, 11) is 0. The third-order valence-corrected chi connectivity index (χ3v) is 4.17. The lowest BCUT2D eigenvalue weighted by atomic mass is 9.76. The van der Waals surface area contributed by atoms with Gasteiger partial charge in [-0.3, -0.25) is 9.89 Å². The van der Waals surface area contributed by atoms with Crippen LogP contribution in [0.4, 0.5) is 0 Å². The van der Waals surface area contributed by atoms with Gasteiger partial charge in [0.05, 0.1) is 10.7 Å². The third-order valence-electron chi connectivity index (χ3n) is 3.56. The Balaban J connectivity index is 1.55. The van der Waals surface area contributed by atoms with Gasteiger partial charge in [0.2, 0.25) is 0 Å². The maximum Gasteiger partial charge on any atom is 0.270 e. The molecule has 2 N–H and O–H groups in total. The quantitative estimate of drug-likeness (QED) is 0.914. The van der Waals surface area contributed by atoms with Crippen molar-refractivity contribution in [3.8, 4) is 0 Å². The van der Waals surface area contributed by atoms with E-state index in [1.54, 1.807) is 6.20 Å². The van der Waals surface area contributed by atoms with Crippen molar-refractivity contribution < 1.29 is 4.79 Å². The second kappa shape index (κ2) is 5.17. The summed E-state index contributed by atoms with van der Waals surface area (Å²) < 4.78 is 0.698. The first-order valence-corrected chi connectivity index (χ1v) is 7.08. The second-order valence-corrected chi connectivity index (χ2v) is 5.70. The molecule has 0 atom stereocenters. The standard InChI is InChI=1S/C14H14BrN3O/c15-12-8-16-18-13(12)14(19)17-11-6-10(7-11)9-4-2-1-3-5-9/h1-5,8,10-11H,6-7H2,(H,16,18)(H,17,19). The summed E-state index contributed by atoms with van der Waals surface area (Å²) in [5, 5.41) is 9.54. The maximum absolute atomic E-state index is 12.0. The minimum atomic E-state index is -0.0964. The van der Waals surface area contributed by atoms with Crippen molar-refractivity contribution in [2.45, 2.75) is 24.8 Å². The minimum Gasteiger partial charge on any atom is -0.348 e. The van der Waals surface area contributed by atoms with E-state index < -0.39 is 0 Å². The van der Waals surface area contributed by atoms with Crippen molar-refractivity contribution in [1.29, 1.82) is 0 Å². The summed E-state index contributed by atoms with van der Waals surface area (Å²) in [6.07, 6.45) is 3.59. The molecule has 5 heteroatoms. The molecule has 98 valence electrons. The number of hydrogen-bond acceptors (Lipinski definition) is 2. The highest BCUT2D eigenvalue weighted by molar-refractivity contribution is 9.10. The van der Waals surface area contributed by atoms with Crippen LogP contribution in [0.3, 0.4) is 0 Å². The van der Waals surface area contributed by atoms with Gasteiger partial charge in [0, 0.05) is 6.04 Å². The molecule has 1 aromatic carbocycles. The van der Waals surface area contributed by atoms with E-state index in [2.05, 4.69) is 55.7 Å². The Hall–Kier alpha value is -1.62. The highest BCUT2D eigenvalue weighted by Gasteiger charge is 2.31. The molecule has 1 aliphatic rings. The number of H-pyrrole nitrogens is 1. The Labute approximate surface area is 119 Å². The summed E-state index contributed by atoms with van der Waals surface area (Å²) in [6.45, 7) is 0. The van der Waals surface area contributed by atoms with Gasteiger partial charge in [0.25, 0.3) is 5.91 Å². The Morgan fingerprint density at radius 1 is 1.32 bits per heavy atom. The summed E-state index contributed by atoms with van der Waals surface area (Å²) >= 11 is 3.29. The molecule has 1 aliphatic carbocycles. The Bertz CT molecular complexity index is 575. The molecule has 1 saturated carbocycles. The summed E-state index contributed by atoms with van der Waals surface area (Å²) in [5.41, 5.74) is 1.85. The van der Waals surface area contributed by atoms with Crippen molar-refractivity contribution in [2.24, 2.45) is 0 Å². The fourth-order valence-electron chi connectivity index (χ4n) is 2.42. The van der Waals surface area contributed by atoms with E-state index in [9.17, 15) is 4.79 Å². The smallest absolute Gasteiger partial charge is 0.270 e. The van der Waals surface area contributed by atoms with Crippen molar-refractivity contribution in [2.75, 3.05) is 0 Å². The largest absolute Gasteiger partial charge is 0.348 e. The molecule has 3 rings (SSSR count). The first-order valence-electron chi connectivity index (χ1n) is 6.28. The highest BCUT2D eigenvalue weighted by Crippen LogP contribution is 2.36.